The lowest BCUT2D eigenvalue weighted by Crippen LogP contribution is -2.13. The Morgan fingerprint density at radius 2 is 0.785 bits per heavy atom. The number of carbonyl (C=O) groups excluding carboxylic acids is 2. The van der Waals surface area contributed by atoms with Crippen molar-refractivity contribution in [3.8, 4) is 34.5 Å². The van der Waals surface area contributed by atoms with E-state index in [4.69, 9.17) is 20.4 Å². The quantitative estimate of drug-likeness (QED) is 0.0317. The van der Waals surface area contributed by atoms with Gasteiger partial charge in [0.15, 0.2) is 46.3 Å². The molecule has 0 aromatic heterocycles. The van der Waals surface area contributed by atoms with Crippen LogP contribution in [0.4, 0.5) is 57.1 Å². The van der Waals surface area contributed by atoms with Crippen molar-refractivity contribution in [2.45, 2.75) is 13.8 Å². The molecule has 8 nitrogen and oxygen atoms in total. The molecule has 0 aliphatic heterocycles. The van der Waals surface area contributed by atoms with E-state index >= 15 is 0 Å². The van der Waals surface area contributed by atoms with E-state index in [1.54, 1.807) is 18.2 Å². The number of phenols is 4. The second-order valence-electron chi connectivity index (χ2n) is 12.0. The largest absolute Gasteiger partial charge is 0.505 e. The first kappa shape index (κ1) is 55.0. The SMILES string of the molecule is C=C(C)C(=O)Oc1c(F)c(F)c(F)c(F)c1F.C=C(C)C(=O)Oc1c(F)c(F)c(O)c(F)c1F.C=Cc1cc(O)c(F)c(F)c1.C=Cc1ccc(F)c(O)c1.C=Cc1ccc(O)c(F)c1. The summed E-state index contributed by atoms with van der Waals surface area (Å²) in [4.78, 5) is 21.9. The molecule has 0 spiro atoms. The van der Waals surface area contributed by atoms with Gasteiger partial charge in [0.1, 0.15) is 0 Å². The number of aromatic hydroxyl groups is 4. The maximum absolute atomic E-state index is 13.1. The molecule has 346 valence electrons. The summed E-state index contributed by atoms with van der Waals surface area (Å²) in [5.74, 6) is -31.7. The number of rotatable bonds is 7. The smallest absolute Gasteiger partial charge is 0.338 e. The molecule has 0 aliphatic carbocycles. The summed E-state index contributed by atoms with van der Waals surface area (Å²) in [6, 6.07) is 10.2. The third-order valence-corrected chi connectivity index (χ3v) is 7.14. The van der Waals surface area contributed by atoms with Crippen LogP contribution in [0, 0.1) is 75.6 Å². The normalized spacial score (nSPS) is 9.83. The van der Waals surface area contributed by atoms with E-state index in [1.165, 1.54) is 43.3 Å². The van der Waals surface area contributed by atoms with Gasteiger partial charge in [-0.2, -0.15) is 30.7 Å². The lowest BCUT2D eigenvalue weighted by molar-refractivity contribution is -0.131. The number of hydrogen-bond acceptors (Lipinski definition) is 8. The maximum atomic E-state index is 13.1. The van der Waals surface area contributed by atoms with Gasteiger partial charge in [-0.3, -0.25) is 0 Å². The Bertz CT molecular complexity index is 2420. The van der Waals surface area contributed by atoms with Crippen LogP contribution in [0.1, 0.15) is 30.5 Å². The zero-order valence-corrected chi connectivity index (χ0v) is 33.2. The predicted molar refractivity (Wildman–Crippen MR) is 209 cm³/mol. The Balaban J connectivity index is 0.000000415. The van der Waals surface area contributed by atoms with Crippen molar-refractivity contribution in [1.29, 1.82) is 0 Å². The summed E-state index contributed by atoms with van der Waals surface area (Å²) in [5.41, 5.74) is 1.24. The zero-order valence-electron chi connectivity index (χ0n) is 33.2. The summed E-state index contributed by atoms with van der Waals surface area (Å²) in [5, 5.41) is 34.9. The van der Waals surface area contributed by atoms with Crippen LogP contribution in [0.15, 0.2) is 92.6 Å². The summed E-state index contributed by atoms with van der Waals surface area (Å²) in [6.45, 7) is 18.8. The van der Waals surface area contributed by atoms with Crippen molar-refractivity contribution in [3.05, 3.63) is 185 Å². The van der Waals surface area contributed by atoms with Gasteiger partial charge in [0.2, 0.25) is 63.9 Å². The first-order valence-corrected chi connectivity index (χ1v) is 17.0. The molecule has 0 saturated carbocycles. The van der Waals surface area contributed by atoms with Crippen molar-refractivity contribution < 1.29 is 96.6 Å². The number of carbonyl (C=O) groups is 2. The molecule has 0 radical (unpaired) electrons. The Morgan fingerprint density at radius 3 is 1.15 bits per heavy atom. The van der Waals surface area contributed by atoms with Crippen LogP contribution in [0.2, 0.25) is 0 Å². The number of halogens is 13. The minimum atomic E-state index is -2.32. The summed E-state index contributed by atoms with van der Waals surface area (Å²) >= 11 is 0. The molecule has 0 amide bonds. The van der Waals surface area contributed by atoms with E-state index in [1.807, 2.05) is 0 Å². The molecule has 0 fully saturated rings. The van der Waals surface area contributed by atoms with E-state index in [9.17, 15) is 66.7 Å². The van der Waals surface area contributed by atoms with Gasteiger partial charge in [0.25, 0.3) is 0 Å². The van der Waals surface area contributed by atoms with Crippen molar-refractivity contribution in [2.24, 2.45) is 0 Å². The molecule has 0 bridgehead atoms. The van der Waals surface area contributed by atoms with Gasteiger partial charge in [-0.1, -0.05) is 63.3 Å². The number of phenolic OH excluding ortho intramolecular Hbond substituents is 4. The molecule has 65 heavy (non-hydrogen) atoms. The van der Waals surface area contributed by atoms with Crippen molar-refractivity contribution in [1.82, 2.24) is 0 Å². The molecule has 5 rings (SSSR count). The van der Waals surface area contributed by atoms with Gasteiger partial charge in [-0.15, -0.1) is 0 Å². The monoisotopic (exact) mass is 934 g/mol. The highest BCUT2D eigenvalue weighted by Gasteiger charge is 2.29. The van der Waals surface area contributed by atoms with Crippen LogP contribution in [0.25, 0.3) is 18.2 Å². The van der Waals surface area contributed by atoms with E-state index in [0.29, 0.717) is 16.7 Å². The first-order valence-electron chi connectivity index (χ1n) is 17.0. The molecular weight excluding hydrogens is 903 g/mol. The van der Waals surface area contributed by atoms with E-state index in [0.717, 1.165) is 19.1 Å². The lowest BCUT2D eigenvalue weighted by atomic mass is 10.2. The highest BCUT2D eigenvalue weighted by molar-refractivity contribution is 5.89. The second kappa shape index (κ2) is 24.6. The molecule has 0 saturated heterocycles. The standard InChI is InChI=1S/C10H5F5O2.C10H6F4O3.C8H6F2O.2C8H7FO/c1-3(2)10(16)17-9-7(14)5(12)4(11)6(13)8(9)15;1-3(2)10(16)17-9-6(13)4(11)8(15)5(12)7(9)14;1-2-5-3-6(9)8(10)7(11)4-5;1-2-6-3-4-8(10)7(9)5-6;1-2-6-3-4-7(9)8(10)5-6/h1H2,2H3;15H,1H2,2H3;2-4,11H,1H2;2*2-5,10H,1H2. The minimum absolute atomic E-state index is 0.224. The third kappa shape index (κ3) is 15.1. The molecule has 5 aromatic carbocycles. The fraction of sp³-hybridized carbons (Fsp3) is 0.0455. The van der Waals surface area contributed by atoms with Gasteiger partial charge in [-0.25, -0.2) is 35.9 Å². The van der Waals surface area contributed by atoms with Gasteiger partial charge in [0, 0.05) is 11.1 Å². The summed E-state index contributed by atoms with van der Waals surface area (Å²) < 4.78 is 174. The van der Waals surface area contributed by atoms with Crippen LogP contribution >= 0.6 is 0 Å². The molecule has 0 aliphatic rings. The van der Waals surface area contributed by atoms with E-state index in [2.05, 4.69) is 42.4 Å². The second-order valence-corrected chi connectivity index (χ2v) is 12.0. The Kier molecular flexibility index (Phi) is 20.8. The van der Waals surface area contributed by atoms with Gasteiger partial charge in [0.05, 0.1) is 0 Å². The van der Waals surface area contributed by atoms with Crippen LogP contribution in [-0.4, -0.2) is 32.4 Å². The van der Waals surface area contributed by atoms with Crippen molar-refractivity contribution >= 4 is 30.2 Å². The average Bonchev–Trinajstić information content (AvgIpc) is 3.27. The lowest BCUT2D eigenvalue weighted by Gasteiger charge is -2.08. The predicted octanol–water partition coefficient (Wildman–Crippen LogP) is 12.0. The van der Waals surface area contributed by atoms with Crippen molar-refractivity contribution in [2.75, 3.05) is 0 Å². The fourth-order valence-electron chi connectivity index (χ4n) is 3.74. The maximum Gasteiger partial charge on any atom is 0.338 e. The number of esters is 2. The highest BCUT2D eigenvalue weighted by Crippen LogP contribution is 2.34. The van der Waals surface area contributed by atoms with Gasteiger partial charge >= 0.3 is 11.9 Å². The van der Waals surface area contributed by atoms with E-state index < -0.39 is 111 Å². The number of hydrogen-bond donors (Lipinski definition) is 4. The van der Waals surface area contributed by atoms with Crippen LogP contribution in [0.5, 0.6) is 34.5 Å². The Morgan fingerprint density at radius 1 is 0.431 bits per heavy atom. The molecule has 5 aromatic rings. The fourth-order valence-corrected chi connectivity index (χ4v) is 3.74. The number of ether oxygens (including phenoxy) is 2. The van der Waals surface area contributed by atoms with Gasteiger partial charge < -0.3 is 29.9 Å². The highest BCUT2D eigenvalue weighted by atomic mass is 19.2. The first-order chi connectivity index (χ1) is 30.2. The topological polar surface area (TPSA) is 134 Å². The summed E-state index contributed by atoms with van der Waals surface area (Å²) in [7, 11) is 0. The molecule has 21 heteroatoms. The molecule has 0 unspecified atom stereocenters. The zero-order chi connectivity index (χ0) is 50.2. The average molecular weight is 935 g/mol. The van der Waals surface area contributed by atoms with Crippen LogP contribution in [-0.2, 0) is 9.59 Å². The minimum Gasteiger partial charge on any atom is -0.505 e. The van der Waals surface area contributed by atoms with Crippen molar-refractivity contribution in [3.63, 3.8) is 0 Å². The molecule has 0 heterocycles. The number of benzene rings is 5. The Labute approximate surface area is 359 Å². The van der Waals surface area contributed by atoms with Crippen LogP contribution < -0.4 is 9.47 Å². The summed E-state index contributed by atoms with van der Waals surface area (Å²) in [6.07, 6.45) is 4.38. The Hall–Kier alpha value is -7.97. The third-order valence-electron chi connectivity index (χ3n) is 7.14. The molecule has 4 N–H and O–H groups in total. The van der Waals surface area contributed by atoms with Crippen LogP contribution in [0.3, 0.4) is 0 Å². The van der Waals surface area contributed by atoms with Gasteiger partial charge in [-0.05, 0) is 66.9 Å². The molecular formula is C44H31F13O8. The van der Waals surface area contributed by atoms with E-state index in [-0.39, 0.29) is 22.6 Å². The molecule has 0 atom stereocenters.